The predicted octanol–water partition coefficient (Wildman–Crippen LogP) is 2.80. The number of methoxy groups -OCH3 is 1. The highest BCUT2D eigenvalue weighted by Gasteiger charge is 2.26. The summed E-state index contributed by atoms with van der Waals surface area (Å²) in [6.45, 7) is 7.11. The lowest BCUT2D eigenvalue weighted by molar-refractivity contribution is -0.893. The van der Waals surface area contributed by atoms with Gasteiger partial charge >= 0.3 is 0 Å². The molecule has 0 fully saturated rings. The highest BCUT2D eigenvalue weighted by molar-refractivity contribution is 8.00. The van der Waals surface area contributed by atoms with Crippen molar-refractivity contribution in [3.8, 4) is 5.75 Å². The van der Waals surface area contributed by atoms with Crippen LogP contribution >= 0.6 is 11.8 Å². The second kappa shape index (κ2) is 11.2. The van der Waals surface area contributed by atoms with Crippen LogP contribution < -0.4 is 15.0 Å². The van der Waals surface area contributed by atoms with E-state index in [1.807, 2.05) is 31.2 Å². The number of hydrogen-bond acceptors (Lipinski definition) is 5. The van der Waals surface area contributed by atoms with Crippen LogP contribution in [0, 0.1) is 0 Å². The van der Waals surface area contributed by atoms with Crippen LogP contribution in [0.5, 0.6) is 5.75 Å². The number of unbranched alkanes of at least 4 members (excludes halogenated alkanes) is 1. The number of hydrogen-bond donors (Lipinski definition) is 2. The van der Waals surface area contributed by atoms with Gasteiger partial charge in [-0.15, -0.1) is 10.2 Å². The molecule has 1 aromatic heterocycles. The first-order chi connectivity index (χ1) is 13.9. The van der Waals surface area contributed by atoms with Crippen molar-refractivity contribution in [2.45, 2.75) is 63.0 Å². The number of benzene rings is 1. The van der Waals surface area contributed by atoms with Gasteiger partial charge in [0.2, 0.25) is 5.91 Å². The SMILES string of the molecule is CCCCn1c(S[C@@H](C)C(=O)Nc2ccccc2OC)nnc1[C@H](CC)[NH+](C)C. The van der Waals surface area contributed by atoms with Gasteiger partial charge in [-0.05, 0) is 25.5 Å². The maximum atomic E-state index is 12.8. The van der Waals surface area contributed by atoms with E-state index < -0.39 is 0 Å². The van der Waals surface area contributed by atoms with E-state index >= 15 is 0 Å². The predicted molar refractivity (Wildman–Crippen MR) is 118 cm³/mol. The highest BCUT2D eigenvalue weighted by Crippen LogP contribution is 2.28. The molecular weight excluding hydrogens is 386 g/mol. The van der Waals surface area contributed by atoms with Crippen molar-refractivity contribution in [2.24, 2.45) is 0 Å². The summed E-state index contributed by atoms with van der Waals surface area (Å²) in [5, 5.41) is 12.4. The number of carbonyl (C=O) groups is 1. The molecule has 1 heterocycles. The van der Waals surface area contributed by atoms with Gasteiger partial charge in [-0.25, -0.2) is 0 Å². The number of para-hydroxylation sites is 2. The Bertz CT molecular complexity index is 793. The first-order valence-corrected chi connectivity index (χ1v) is 11.1. The molecule has 0 radical (unpaired) electrons. The zero-order valence-electron chi connectivity index (χ0n) is 18.4. The van der Waals surface area contributed by atoms with Crippen molar-refractivity contribution in [2.75, 3.05) is 26.5 Å². The number of carbonyl (C=O) groups excluding carboxylic acids is 1. The number of quaternary nitrogens is 1. The molecule has 0 aliphatic rings. The van der Waals surface area contributed by atoms with Crippen molar-refractivity contribution in [1.29, 1.82) is 0 Å². The van der Waals surface area contributed by atoms with Gasteiger partial charge in [-0.1, -0.05) is 44.2 Å². The average Bonchev–Trinajstić information content (AvgIpc) is 3.09. The summed E-state index contributed by atoms with van der Waals surface area (Å²) >= 11 is 1.45. The summed E-state index contributed by atoms with van der Waals surface area (Å²) in [6, 6.07) is 7.70. The Kier molecular flexibility index (Phi) is 8.98. The van der Waals surface area contributed by atoms with E-state index in [-0.39, 0.29) is 17.2 Å². The lowest BCUT2D eigenvalue weighted by Crippen LogP contribution is -3.06. The normalized spacial score (nSPS) is 13.3. The van der Waals surface area contributed by atoms with Gasteiger partial charge in [0.15, 0.2) is 11.0 Å². The fourth-order valence-electron chi connectivity index (χ4n) is 3.21. The summed E-state index contributed by atoms with van der Waals surface area (Å²) in [6.07, 6.45) is 3.14. The number of aromatic nitrogens is 3. The van der Waals surface area contributed by atoms with Crippen LogP contribution in [0.25, 0.3) is 0 Å². The third-order valence-corrected chi connectivity index (χ3v) is 5.99. The third-order valence-electron chi connectivity index (χ3n) is 4.91. The molecule has 0 unspecified atom stereocenters. The molecule has 2 N–H and O–H groups in total. The molecule has 29 heavy (non-hydrogen) atoms. The number of nitrogens with one attached hydrogen (secondary N) is 2. The molecular formula is C21H34N5O2S+. The van der Waals surface area contributed by atoms with Crippen LogP contribution in [0.1, 0.15) is 51.9 Å². The molecule has 0 spiro atoms. The van der Waals surface area contributed by atoms with E-state index in [2.05, 4.69) is 48.0 Å². The van der Waals surface area contributed by atoms with E-state index in [4.69, 9.17) is 4.74 Å². The van der Waals surface area contributed by atoms with E-state index in [1.54, 1.807) is 7.11 Å². The molecule has 7 nitrogen and oxygen atoms in total. The van der Waals surface area contributed by atoms with Gasteiger partial charge in [-0.2, -0.15) is 0 Å². The maximum Gasteiger partial charge on any atom is 0.237 e. The van der Waals surface area contributed by atoms with Gasteiger partial charge in [0, 0.05) is 13.0 Å². The standard InChI is InChI=1S/C21H33N5O2S/c1-7-9-14-26-19(17(8-2)25(4)5)23-24-21(26)29-15(3)20(27)22-16-12-10-11-13-18(16)28-6/h10-13,15,17H,7-9,14H2,1-6H3,(H,22,27)/p+1/t15-,17-/m0/s1. The van der Waals surface area contributed by atoms with Gasteiger partial charge < -0.3 is 19.5 Å². The Morgan fingerprint density at radius 2 is 2.00 bits per heavy atom. The lowest BCUT2D eigenvalue weighted by atomic mass is 10.2. The second-order valence-corrected chi connectivity index (χ2v) is 8.64. The van der Waals surface area contributed by atoms with Gasteiger partial charge in [0.25, 0.3) is 0 Å². The van der Waals surface area contributed by atoms with E-state index in [9.17, 15) is 4.79 Å². The average molecular weight is 421 g/mol. The smallest absolute Gasteiger partial charge is 0.237 e. The van der Waals surface area contributed by atoms with Crippen molar-refractivity contribution >= 4 is 23.4 Å². The Morgan fingerprint density at radius 3 is 2.62 bits per heavy atom. The largest absolute Gasteiger partial charge is 0.495 e. The van der Waals surface area contributed by atoms with E-state index in [0.717, 1.165) is 36.8 Å². The second-order valence-electron chi connectivity index (χ2n) is 7.33. The molecule has 0 aliphatic heterocycles. The molecule has 1 amide bonds. The molecule has 8 heteroatoms. The number of ether oxygens (including phenoxy) is 1. The molecule has 0 aliphatic carbocycles. The Morgan fingerprint density at radius 1 is 1.28 bits per heavy atom. The molecule has 160 valence electrons. The fraction of sp³-hybridized carbons (Fsp3) is 0.571. The van der Waals surface area contributed by atoms with Crippen LogP contribution in [0.2, 0.25) is 0 Å². The molecule has 2 rings (SSSR count). The monoisotopic (exact) mass is 420 g/mol. The topological polar surface area (TPSA) is 73.5 Å². The molecule has 1 aromatic carbocycles. The summed E-state index contributed by atoms with van der Waals surface area (Å²) in [5.41, 5.74) is 0.669. The Labute approximate surface area is 178 Å². The maximum absolute atomic E-state index is 12.8. The zero-order valence-corrected chi connectivity index (χ0v) is 19.2. The quantitative estimate of drug-likeness (QED) is 0.547. The zero-order chi connectivity index (χ0) is 21.4. The number of anilines is 1. The van der Waals surface area contributed by atoms with E-state index in [0.29, 0.717) is 11.4 Å². The minimum atomic E-state index is -0.316. The summed E-state index contributed by atoms with van der Waals surface area (Å²) in [7, 11) is 5.88. The number of nitrogens with zero attached hydrogens (tertiary/aromatic N) is 3. The molecule has 2 aromatic rings. The minimum absolute atomic E-state index is 0.0867. The van der Waals surface area contributed by atoms with Crippen molar-refractivity contribution in [3.63, 3.8) is 0 Å². The summed E-state index contributed by atoms with van der Waals surface area (Å²) in [5.74, 6) is 1.56. The minimum Gasteiger partial charge on any atom is -0.495 e. The first-order valence-electron chi connectivity index (χ1n) is 10.3. The van der Waals surface area contributed by atoms with Crippen molar-refractivity contribution in [3.05, 3.63) is 30.1 Å². The van der Waals surface area contributed by atoms with Crippen molar-refractivity contribution < 1.29 is 14.4 Å². The van der Waals surface area contributed by atoms with Gasteiger partial charge in [0.1, 0.15) is 11.8 Å². The molecule has 0 saturated heterocycles. The highest BCUT2D eigenvalue weighted by atomic mass is 32.2. The summed E-state index contributed by atoms with van der Waals surface area (Å²) < 4.78 is 7.52. The first kappa shape index (κ1) is 23.2. The lowest BCUT2D eigenvalue weighted by Gasteiger charge is -2.21. The van der Waals surface area contributed by atoms with Crippen LogP contribution in [-0.4, -0.2) is 47.1 Å². The van der Waals surface area contributed by atoms with Crippen LogP contribution in [-0.2, 0) is 11.3 Å². The number of amides is 1. The van der Waals surface area contributed by atoms with Crippen molar-refractivity contribution in [1.82, 2.24) is 14.8 Å². The third kappa shape index (κ3) is 5.96. The molecule has 2 atom stereocenters. The molecule has 0 bridgehead atoms. The van der Waals surface area contributed by atoms with Crippen LogP contribution in [0.15, 0.2) is 29.4 Å². The number of rotatable bonds is 11. The van der Waals surface area contributed by atoms with Crippen LogP contribution in [0.4, 0.5) is 5.69 Å². The van der Waals surface area contributed by atoms with Gasteiger partial charge in [-0.3, -0.25) is 4.79 Å². The molecule has 0 saturated carbocycles. The van der Waals surface area contributed by atoms with E-state index in [1.165, 1.54) is 16.7 Å². The number of thioether (sulfide) groups is 1. The fourth-order valence-corrected chi connectivity index (χ4v) is 4.10. The summed E-state index contributed by atoms with van der Waals surface area (Å²) in [4.78, 5) is 14.1. The Balaban J connectivity index is 2.18. The van der Waals surface area contributed by atoms with Gasteiger partial charge in [0.05, 0.1) is 32.1 Å². The Hall–Kier alpha value is -2.06. The van der Waals surface area contributed by atoms with Crippen LogP contribution in [0.3, 0.4) is 0 Å².